The molecule has 0 spiro atoms. The summed E-state index contributed by atoms with van der Waals surface area (Å²) >= 11 is 5.78. The van der Waals surface area contributed by atoms with Crippen LogP contribution in [0.2, 0.25) is 5.02 Å². The molecule has 11 heteroatoms. The Labute approximate surface area is 152 Å². The number of hydrogen-bond acceptors (Lipinski definition) is 8. The zero-order valence-corrected chi connectivity index (χ0v) is 14.3. The summed E-state index contributed by atoms with van der Waals surface area (Å²) < 4.78 is 4.83. The van der Waals surface area contributed by atoms with Crippen LogP contribution in [0.25, 0.3) is 5.76 Å². The summed E-state index contributed by atoms with van der Waals surface area (Å²) in [5, 5.41) is 32.2. The van der Waals surface area contributed by atoms with Gasteiger partial charge in [0.15, 0.2) is 0 Å². The molecule has 10 nitrogen and oxygen atoms in total. The number of nitro groups is 2. The Hall–Kier alpha value is -3.01. The first-order chi connectivity index (χ1) is 12.3. The van der Waals surface area contributed by atoms with Gasteiger partial charge in [0.05, 0.1) is 34.1 Å². The molecule has 0 atom stereocenters. The van der Waals surface area contributed by atoms with Gasteiger partial charge in [0.25, 0.3) is 11.4 Å². The minimum absolute atomic E-state index is 0.00991. The molecule has 0 saturated heterocycles. The first-order valence-electron chi connectivity index (χ1n) is 7.52. The second-order valence-corrected chi connectivity index (χ2v) is 5.73. The van der Waals surface area contributed by atoms with Crippen molar-refractivity contribution in [3.63, 3.8) is 0 Å². The number of aliphatic hydroxyl groups is 1. The molecule has 0 amide bonds. The highest BCUT2D eigenvalue weighted by atomic mass is 35.5. The number of nitro benzene ring substituents is 2. The van der Waals surface area contributed by atoms with Gasteiger partial charge in [-0.25, -0.2) is 4.79 Å². The number of benzene rings is 1. The smallest absolute Gasteiger partial charge is 0.343 e. The predicted molar refractivity (Wildman–Crippen MR) is 92.5 cm³/mol. The number of rotatable bonds is 7. The Bertz CT molecular complexity index is 831. The van der Waals surface area contributed by atoms with E-state index in [-0.39, 0.29) is 12.6 Å². The molecule has 1 aliphatic rings. The minimum Gasteiger partial charge on any atom is -0.506 e. The van der Waals surface area contributed by atoms with Gasteiger partial charge in [-0.15, -0.1) is 0 Å². The van der Waals surface area contributed by atoms with Gasteiger partial charge in [-0.3, -0.25) is 25.2 Å². The maximum atomic E-state index is 12.1. The number of carbonyl (C=O) groups is 1. The molecule has 0 radical (unpaired) electrons. The summed E-state index contributed by atoms with van der Waals surface area (Å²) in [6, 6.07) is 1.49. The Morgan fingerprint density at radius 2 is 1.96 bits per heavy atom. The Morgan fingerprint density at radius 1 is 1.35 bits per heavy atom. The lowest BCUT2D eigenvalue weighted by Gasteiger charge is -2.08. The number of carbonyl (C=O) groups excluding carboxylic acids is 1. The van der Waals surface area contributed by atoms with Gasteiger partial charge >= 0.3 is 5.97 Å². The van der Waals surface area contributed by atoms with E-state index in [1.807, 2.05) is 0 Å². The second-order valence-electron chi connectivity index (χ2n) is 5.33. The highest BCUT2D eigenvalue weighted by Gasteiger charge is 2.29. The number of halogens is 1. The largest absolute Gasteiger partial charge is 0.506 e. The SMILES string of the molecule is CCOC(=O)/C(C=NC1CC1)=C(\O)c1cc(Cl)c([N+](=O)[O-])cc1[N+](=O)[O-]. The van der Waals surface area contributed by atoms with Crippen LogP contribution in [0.3, 0.4) is 0 Å². The number of hydrogen-bond donors (Lipinski definition) is 1. The molecule has 2 rings (SSSR count). The molecule has 0 aromatic heterocycles. The normalized spacial score (nSPS) is 14.8. The summed E-state index contributed by atoms with van der Waals surface area (Å²) in [5.74, 6) is -1.73. The van der Waals surface area contributed by atoms with Crippen molar-refractivity contribution in [3.8, 4) is 0 Å². The molecule has 0 heterocycles. The summed E-state index contributed by atoms with van der Waals surface area (Å²) in [7, 11) is 0. The zero-order chi connectivity index (χ0) is 19.4. The third-order valence-electron chi connectivity index (χ3n) is 3.43. The molecule has 26 heavy (non-hydrogen) atoms. The van der Waals surface area contributed by atoms with Crippen LogP contribution < -0.4 is 0 Å². The lowest BCUT2D eigenvalue weighted by Crippen LogP contribution is -2.12. The van der Waals surface area contributed by atoms with E-state index in [1.165, 1.54) is 0 Å². The van der Waals surface area contributed by atoms with Gasteiger partial charge in [0, 0.05) is 6.21 Å². The van der Waals surface area contributed by atoms with Crippen molar-refractivity contribution in [2.24, 2.45) is 4.99 Å². The number of aliphatic hydroxyl groups excluding tert-OH is 1. The van der Waals surface area contributed by atoms with Crippen molar-refractivity contribution in [1.29, 1.82) is 0 Å². The van der Waals surface area contributed by atoms with E-state index in [0.29, 0.717) is 6.07 Å². The Balaban J connectivity index is 2.64. The van der Waals surface area contributed by atoms with Gasteiger partial charge in [0.2, 0.25) is 0 Å². The molecule has 0 bridgehead atoms. The van der Waals surface area contributed by atoms with Crippen LogP contribution in [-0.4, -0.2) is 39.8 Å². The van der Waals surface area contributed by atoms with Crippen LogP contribution in [0, 0.1) is 20.2 Å². The molecule has 1 aromatic rings. The number of aliphatic imine (C=N–C) groups is 1. The first kappa shape index (κ1) is 19.3. The molecule has 0 aliphatic heterocycles. The van der Waals surface area contributed by atoms with E-state index in [2.05, 4.69) is 4.99 Å². The van der Waals surface area contributed by atoms with E-state index < -0.39 is 49.1 Å². The van der Waals surface area contributed by atoms with Crippen LogP contribution in [0.1, 0.15) is 25.3 Å². The van der Waals surface area contributed by atoms with Crippen molar-refractivity contribution in [2.75, 3.05) is 6.61 Å². The second kappa shape index (κ2) is 7.91. The van der Waals surface area contributed by atoms with Gasteiger partial charge in [-0.1, -0.05) is 11.6 Å². The van der Waals surface area contributed by atoms with E-state index in [4.69, 9.17) is 16.3 Å². The highest BCUT2D eigenvalue weighted by molar-refractivity contribution is 6.33. The van der Waals surface area contributed by atoms with E-state index in [1.54, 1.807) is 6.92 Å². The summed E-state index contributed by atoms with van der Waals surface area (Å²) in [5.41, 5.74) is -2.32. The van der Waals surface area contributed by atoms with Crippen LogP contribution in [0.4, 0.5) is 11.4 Å². The average Bonchev–Trinajstić information content (AvgIpc) is 3.38. The van der Waals surface area contributed by atoms with Crippen molar-refractivity contribution < 1.29 is 24.5 Å². The summed E-state index contributed by atoms with van der Waals surface area (Å²) in [4.78, 5) is 36.5. The topological polar surface area (TPSA) is 145 Å². The molecule has 1 saturated carbocycles. The maximum Gasteiger partial charge on any atom is 0.343 e. The molecule has 1 N–H and O–H groups in total. The summed E-state index contributed by atoms with van der Waals surface area (Å²) in [6.45, 7) is 1.56. The molecule has 0 unspecified atom stereocenters. The van der Waals surface area contributed by atoms with Crippen LogP contribution in [-0.2, 0) is 9.53 Å². The van der Waals surface area contributed by atoms with Crippen molar-refractivity contribution in [1.82, 2.24) is 0 Å². The molecule has 138 valence electrons. The van der Waals surface area contributed by atoms with Gasteiger partial charge in [-0.05, 0) is 25.8 Å². The standard InChI is InChI=1S/C15H14ClN3O7/c1-2-26-15(21)10(7-17-8-3-4-8)14(20)9-5-11(16)13(19(24)25)6-12(9)18(22)23/h5-8,20H,2-4H2,1H3/b14-10-,17-7?. The fourth-order valence-corrected chi connectivity index (χ4v) is 2.23. The van der Waals surface area contributed by atoms with Crippen LogP contribution in [0.15, 0.2) is 22.7 Å². The van der Waals surface area contributed by atoms with E-state index >= 15 is 0 Å². The van der Waals surface area contributed by atoms with E-state index in [0.717, 1.165) is 25.1 Å². The highest BCUT2D eigenvalue weighted by Crippen LogP contribution is 2.36. The molecule has 1 fully saturated rings. The summed E-state index contributed by atoms with van der Waals surface area (Å²) in [6.07, 6.45) is 2.75. The third-order valence-corrected chi connectivity index (χ3v) is 3.73. The fourth-order valence-electron chi connectivity index (χ4n) is 2.00. The minimum atomic E-state index is -0.932. The molecular formula is C15H14ClN3O7. The Morgan fingerprint density at radius 3 is 2.46 bits per heavy atom. The molecular weight excluding hydrogens is 370 g/mol. The van der Waals surface area contributed by atoms with Crippen LogP contribution in [0.5, 0.6) is 0 Å². The molecule has 1 aromatic carbocycles. The number of ether oxygens (including phenoxy) is 1. The zero-order valence-electron chi connectivity index (χ0n) is 13.5. The average molecular weight is 384 g/mol. The van der Waals surface area contributed by atoms with Gasteiger partial charge < -0.3 is 9.84 Å². The lowest BCUT2D eigenvalue weighted by molar-refractivity contribution is -0.394. The maximum absolute atomic E-state index is 12.1. The van der Waals surface area contributed by atoms with Gasteiger partial charge in [0.1, 0.15) is 16.4 Å². The van der Waals surface area contributed by atoms with Crippen molar-refractivity contribution >= 4 is 40.9 Å². The molecule has 1 aliphatic carbocycles. The third kappa shape index (κ3) is 4.33. The van der Waals surface area contributed by atoms with Crippen molar-refractivity contribution in [2.45, 2.75) is 25.8 Å². The Kier molecular flexibility index (Phi) is 5.88. The fraction of sp³-hybridized carbons (Fsp3) is 0.333. The first-order valence-corrected chi connectivity index (χ1v) is 7.90. The monoisotopic (exact) mass is 383 g/mol. The van der Waals surface area contributed by atoms with E-state index in [9.17, 15) is 30.1 Å². The van der Waals surface area contributed by atoms with Gasteiger partial charge in [-0.2, -0.15) is 0 Å². The number of nitrogens with zero attached hydrogens (tertiary/aromatic N) is 3. The van der Waals surface area contributed by atoms with Crippen LogP contribution >= 0.6 is 11.6 Å². The van der Waals surface area contributed by atoms with Crippen molar-refractivity contribution in [3.05, 3.63) is 48.5 Å². The predicted octanol–water partition coefficient (Wildman–Crippen LogP) is 3.22. The number of esters is 1. The quantitative estimate of drug-likeness (QED) is 0.190. The lowest BCUT2D eigenvalue weighted by atomic mass is 10.1.